The van der Waals surface area contributed by atoms with Crippen molar-refractivity contribution < 1.29 is 34.0 Å². The number of fused-ring (bicyclic) bond motifs is 1. The van der Waals surface area contributed by atoms with Crippen LogP contribution in [0, 0.1) is 0 Å². The van der Waals surface area contributed by atoms with Crippen molar-refractivity contribution in [2.75, 3.05) is 70.0 Å². The van der Waals surface area contributed by atoms with Gasteiger partial charge in [0, 0.05) is 26.2 Å². The Balaban J connectivity index is 1.46. The van der Waals surface area contributed by atoms with Gasteiger partial charge in [0.25, 0.3) is 0 Å². The molecule has 2 aliphatic heterocycles. The van der Waals surface area contributed by atoms with Crippen molar-refractivity contribution in [3.05, 3.63) is 53.6 Å². The van der Waals surface area contributed by atoms with Crippen LogP contribution in [0.15, 0.2) is 42.5 Å². The Morgan fingerprint density at radius 2 is 1.95 bits per heavy atom. The summed E-state index contributed by atoms with van der Waals surface area (Å²) < 4.78 is 23.3. The van der Waals surface area contributed by atoms with Gasteiger partial charge in [0.2, 0.25) is 0 Å². The van der Waals surface area contributed by atoms with E-state index in [1.54, 1.807) is 18.9 Å². The lowest BCUT2D eigenvalue weighted by atomic mass is 9.84. The highest BCUT2D eigenvalue weighted by molar-refractivity contribution is 7.98. The first-order valence-electron chi connectivity index (χ1n) is 13.5. The Bertz CT molecular complexity index is 1050. The van der Waals surface area contributed by atoms with E-state index >= 15 is 0 Å². The number of carboxylic acid groups (broad SMARTS) is 1. The van der Waals surface area contributed by atoms with Gasteiger partial charge in [-0.15, -0.1) is 0 Å². The van der Waals surface area contributed by atoms with Crippen LogP contribution in [-0.4, -0.2) is 98.5 Å². The summed E-state index contributed by atoms with van der Waals surface area (Å²) in [4.78, 5) is 15.3. The normalized spacial score (nSPS) is 20.8. The number of benzene rings is 2. The van der Waals surface area contributed by atoms with E-state index in [9.17, 15) is 15.0 Å². The number of hydrogen-bond acceptors (Lipinski definition) is 8. The van der Waals surface area contributed by atoms with Crippen molar-refractivity contribution in [1.29, 1.82) is 0 Å². The summed E-state index contributed by atoms with van der Waals surface area (Å²) in [5, 5.41) is 20.7. The minimum absolute atomic E-state index is 0.0411. The number of likely N-dealkylation sites (tertiary alicyclic amines) is 1. The molecule has 3 atom stereocenters. The van der Waals surface area contributed by atoms with Gasteiger partial charge < -0.3 is 39.0 Å². The van der Waals surface area contributed by atoms with Crippen molar-refractivity contribution in [3.8, 4) is 11.5 Å². The molecular weight excluding hydrogens is 520 g/mol. The van der Waals surface area contributed by atoms with Crippen molar-refractivity contribution in [1.82, 2.24) is 4.90 Å². The van der Waals surface area contributed by atoms with Crippen LogP contribution in [0.3, 0.4) is 0 Å². The number of ether oxygens (including phenoxy) is 4. The average Bonchev–Trinajstić information content (AvgIpc) is 2.94. The number of aliphatic hydroxyl groups is 1. The molecule has 2 aromatic rings. The second-order valence-electron chi connectivity index (χ2n) is 9.88. The molecule has 0 bridgehead atoms. The third kappa shape index (κ3) is 7.94. The van der Waals surface area contributed by atoms with Gasteiger partial charge in [0.05, 0.1) is 50.7 Å². The van der Waals surface area contributed by atoms with Crippen molar-refractivity contribution in [3.63, 3.8) is 0 Å². The summed E-state index contributed by atoms with van der Waals surface area (Å²) in [6.07, 6.45) is 1.51. The van der Waals surface area contributed by atoms with Crippen LogP contribution in [0.25, 0.3) is 0 Å². The van der Waals surface area contributed by atoms with Gasteiger partial charge in [0.1, 0.15) is 18.1 Å². The summed E-state index contributed by atoms with van der Waals surface area (Å²) in [6.45, 7) is 4.19. The highest BCUT2D eigenvalue weighted by Gasteiger charge is 2.39. The Morgan fingerprint density at radius 3 is 2.69 bits per heavy atom. The van der Waals surface area contributed by atoms with Crippen molar-refractivity contribution in [2.45, 2.75) is 37.6 Å². The molecule has 1 saturated heterocycles. The van der Waals surface area contributed by atoms with Gasteiger partial charge in [-0.1, -0.05) is 18.2 Å². The zero-order valence-corrected chi connectivity index (χ0v) is 23.6. The van der Waals surface area contributed by atoms with Crippen LogP contribution in [0.4, 0.5) is 10.5 Å². The number of rotatable bonds is 13. The fourth-order valence-corrected chi connectivity index (χ4v) is 5.57. The molecule has 2 aromatic carbocycles. The predicted molar refractivity (Wildman–Crippen MR) is 153 cm³/mol. The van der Waals surface area contributed by atoms with Crippen LogP contribution in [0.2, 0.25) is 0 Å². The number of thioether (sulfide) groups is 1. The van der Waals surface area contributed by atoms with Gasteiger partial charge in [-0.05, 0) is 60.2 Å². The van der Waals surface area contributed by atoms with Gasteiger partial charge >= 0.3 is 6.09 Å². The van der Waals surface area contributed by atoms with Crippen LogP contribution in [0.5, 0.6) is 11.5 Å². The largest absolute Gasteiger partial charge is 0.494 e. The fourth-order valence-electron chi connectivity index (χ4n) is 5.16. The van der Waals surface area contributed by atoms with E-state index in [-0.39, 0.29) is 25.6 Å². The molecule has 0 unspecified atom stereocenters. The number of piperidine rings is 1. The van der Waals surface area contributed by atoms with Gasteiger partial charge in [0.15, 0.2) is 0 Å². The lowest BCUT2D eigenvalue weighted by Gasteiger charge is -2.40. The van der Waals surface area contributed by atoms with Crippen LogP contribution in [0.1, 0.15) is 29.9 Å². The quantitative estimate of drug-likeness (QED) is 0.351. The summed E-state index contributed by atoms with van der Waals surface area (Å²) in [6, 6.07) is 13.7. The summed E-state index contributed by atoms with van der Waals surface area (Å²) in [7, 11) is 1.71. The number of aliphatic hydroxyl groups excluding tert-OH is 1. The fraction of sp³-hybridized carbons (Fsp3) is 0.552. The van der Waals surface area contributed by atoms with Gasteiger partial charge in [-0.3, -0.25) is 0 Å². The summed E-state index contributed by atoms with van der Waals surface area (Å²) >= 11 is 1.79. The smallest absolute Gasteiger partial charge is 0.407 e. The van der Waals surface area contributed by atoms with E-state index in [0.29, 0.717) is 19.8 Å². The Labute approximate surface area is 235 Å². The van der Waals surface area contributed by atoms with Crippen molar-refractivity contribution in [2.24, 2.45) is 0 Å². The van der Waals surface area contributed by atoms with E-state index < -0.39 is 18.3 Å². The molecule has 4 rings (SSSR count). The molecule has 0 saturated carbocycles. The Kier molecular flexibility index (Phi) is 11.0. The minimum atomic E-state index is -1.06. The molecule has 9 nitrogen and oxygen atoms in total. The minimum Gasteiger partial charge on any atom is -0.494 e. The molecule has 0 radical (unpaired) electrons. The number of anilines is 1. The second-order valence-corrected chi connectivity index (χ2v) is 10.9. The topological polar surface area (TPSA) is 101 Å². The highest BCUT2D eigenvalue weighted by atomic mass is 32.2. The van der Waals surface area contributed by atoms with Crippen LogP contribution >= 0.6 is 11.8 Å². The molecule has 0 aromatic heterocycles. The monoisotopic (exact) mass is 560 g/mol. The summed E-state index contributed by atoms with van der Waals surface area (Å²) in [5.74, 6) is 2.31. The Hall–Kier alpha value is -2.66. The van der Waals surface area contributed by atoms with E-state index in [0.717, 1.165) is 60.0 Å². The predicted octanol–water partition coefficient (Wildman–Crippen LogP) is 4.08. The molecular formula is C29H40N2O7S. The zero-order valence-electron chi connectivity index (χ0n) is 22.8. The van der Waals surface area contributed by atoms with E-state index in [1.165, 1.54) is 4.90 Å². The number of nitrogens with zero attached hydrogens (tertiary/aromatic N) is 2. The zero-order chi connectivity index (χ0) is 27.6. The first kappa shape index (κ1) is 29.3. The SMILES string of the molecule is COCCCN1CCOc2ccc(CO[C@H]3CN(C(=O)O)C[C@@H](O)[C@@H]3c3ccc(OCCCSC)cc3)cc21. The first-order chi connectivity index (χ1) is 19.0. The lowest BCUT2D eigenvalue weighted by Crippen LogP contribution is -2.53. The van der Waals surface area contributed by atoms with E-state index in [1.807, 2.05) is 36.4 Å². The van der Waals surface area contributed by atoms with Gasteiger partial charge in [-0.2, -0.15) is 11.8 Å². The standard InChI is InChI=1S/C29H40N2O7S/c1-35-13-3-11-30-12-15-37-26-10-5-21(17-24(26)30)20-38-27-19-31(29(33)34)18-25(32)28(27)22-6-8-23(9-7-22)36-14-4-16-39-2/h5-10,17,25,27-28,32H,3-4,11-16,18-20H2,1-2H3,(H,33,34)/t25-,27+,28+/m1/s1. The Morgan fingerprint density at radius 1 is 1.13 bits per heavy atom. The average molecular weight is 561 g/mol. The van der Waals surface area contributed by atoms with Crippen LogP contribution < -0.4 is 14.4 Å². The maximum atomic E-state index is 11.8. The number of carbonyl (C=O) groups is 1. The van der Waals surface area contributed by atoms with E-state index in [4.69, 9.17) is 18.9 Å². The number of methoxy groups -OCH3 is 1. The molecule has 0 aliphatic carbocycles. The molecule has 2 aliphatic rings. The molecule has 1 amide bonds. The molecule has 39 heavy (non-hydrogen) atoms. The van der Waals surface area contributed by atoms with Crippen molar-refractivity contribution >= 4 is 23.5 Å². The lowest BCUT2D eigenvalue weighted by molar-refractivity contribution is -0.0660. The maximum Gasteiger partial charge on any atom is 0.407 e. The number of amides is 1. The highest BCUT2D eigenvalue weighted by Crippen LogP contribution is 2.35. The first-order valence-corrected chi connectivity index (χ1v) is 14.9. The molecule has 10 heteroatoms. The molecule has 2 N–H and O–H groups in total. The number of β-amino-alcohol motifs (C(OH)–C–C–N with tert-alkyl or cyclic N) is 1. The molecule has 0 spiro atoms. The maximum absolute atomic E-state index is 11.8. The second kappa shape index (κ2) is 14.6. The number of hydrogen-bond donors (Lipinski definition) is 2. The molecule has 2 heterocycles. The van der Waals surface area contributed by atoms with E-state index in [2.05, 4.69) is 17.2 Å². The third-order valence-electron chi connectivity index (χ3n) is 7.14. The third-order valence-corrected chi connectivity index (χ3v) is 7.84. The van der Waals surface area contributed by atoms with Gasteiger partial charge in [-0.25, -0.2) is 4.79 Å². The van der Waals surface area contributed by atoms with Crippen LogP contribution in [-0.2, 0) is 16.1 Å². The molecule has 1 fully saturated rings. The molecule has 214 valence electrons. The summed E-state index contributed by atoms with van der Waals surface area (Å²) in [5.41, 5.74) is 2.89.